The average molecular weight is 502 g/mol. The van der Waals surface area contributed by atoms with E-state index >= 15 is 0 Å². The molecule has 2 bridgehead atoms. The van der Waals surface area contributed by atoms with Gasteiger partial charge in [0.2, 0.25) is 0 Å². The van der Waals surface area contributed by atoms with Crippen molar-refractivity contribution in [1.82, 2.24) is 0 Å². The number of benzene rings is 1. The Hall–Kier alpha value is 0.340. The fourth-order valence-electron chi connectivity index (χ4n) is 3.68. The summed E-state index contributed by atoms with van der Waals surface area (Å²) in [6, 6.07) is 8.74. The molecule has 5 heteroatoms. The molecule has 23 heavy (non-hydrogen) atoms. The Morgan fingerprint density at radius 3 is 2.35 bits per heavy atom. The van der Waals surface area contributed by atoms with Crippen molar-refractivity contribution >= 4 is 29.6 Å². The molecule has 1 atom stereocenters. The van der Waals surface area contributed by atoms with Crippen molar-refractivity contribution < 1.29 is 51.0 Å². The Kier molecular flexibility index (Phi) is 7.16. The molecule has 1 unspecified atom stereocenters. The third kappa shape index (κ3) is 3.25. The molecule has 0 fully saturated rings. The van der Waals surface area contributed by atoms with E-state index in [1.807, 2.05) is 0 Å². The molecule has 0 saturated carbocycles. The molecule has 0 saturated heterocycles. The van der Waals surface area contributed by atoms with Gasteiger partial charge in [0.15, 0.2) is 0 Å². The molecule has 0 nitrogen and oxygen atoms in total. The van der Waals surface area contributed by atoms with Crippen LogP contribution in [0.2, 0.25) is 13.1 Å². The van der Waals surface area contributed by atoms with Crippen LogP contribution in [0.15, 0.2) is 62.9 Å². The minimum Gasteiger partial charge on any atom is -1.00 e. The average Bonchev–Trinajstić information content (AvgIpc) is 3.12. The van der Waals surface area contributed by atoms with Crippen LogP contribution in [0.25, 0.3) is 5.57 Å². The van der Waals surface area contributed by atoms with Gasteiger partial charge in [-0.15, -0.1) is 5.56 Å². The second kappa shape index (κ2) is 7.70. The van der Waals surface area contributed by atoms with Crippen LogP contribution in [0.5, 0.6) is 0 Å². The molecule has 1 radical (unpaired) electrons. The quantitative estimate of drug-likeness (QED) is 0.369. The molecule has 2 aliphatic heterocycles. The minimum absolute atomic E-state index is 0. The summed E-state index contributed by atoms with van der Waals surface area (Å²) in [6.07, 6.45) is 11.6. The van der Waals surface area contributed by atoms with Crippen LogP contribution < -0.4 is 24.8 Å². The molecular weight excluding hydrogens is 486 g/mol. The maximum atomic E-state index is 3.81. The van der Waals surface area contributed by atoms with E-state index in [9.17, 15) is 0 Å². The topological polar surface area (TPSA) is 0 Å². The van der Waals surface area contributed by atoms with Crippen LogP contribution in [-0.4, -0.2) is 8.07 Å². The molecule has 0 aromatic heterocycles. The Labute approximate surface area is 179 Å². The normalized spacial score (nSPS) is 22.3. The van der Waals surface area contributed by atoms with E-state index in [4.69, 9.17) is 0 Å². The Bertz CT molecular complexity index is 730. The summed E-state index contributed by atoms with van der Waals surface area (Å²) in [5.74, 6) is 0.473. The zero-order valence-corrected chi connectivity index (χ0v) is 19.5. The fraction of sp³-hybridized carbons (Fsp3) is 0.222. The summed E-state index contributed by atoms with van der Waals surface area (Å²) < 4.78 is 1.15. The van der Waals surface area contributed by atoms with Crippen molar-refractivity contribution in [3.63, 3.8) is 0 Å². The Morgan fingerprint density at radius 1 is 1.13 bits per heavy atom. The predicted molar refractivity (Wildman–Crippen MR) is 90.6 cm³/mol. The van der Waals surface area contributed by atoms with Crippen LogP contribution in [0.4, 0.5) is 0 Å². The van der Waals surface area contributed by atoms with Crippen molar-refractivity contribution in [2.45, 2.75) is 19.5 Å². The molecule has 2 heterocycles. The van der Waals surface area contributed by atoms with Gasteiger partial charge in [-0.1, -0.05) is 70.9 Å². The summed E-state index contributed by atoms with van der Waals surface area (Å²) in [5, 5.41) is 3.25. The van der Waals surface area contributed by atoms with Crippen molar-refractivity contribution in [3.8, 4) is 0 Å². The first-order valence-corrected chi connectivity index (χ1v) is 10.9. The van der Waals surface area contributed by atoms with Gasteiger partial charge in [-0.05, 0) is 18.6 Å². The van der Waals surface area contributed by atoms with E-state index in [0.717, 1.165) is 10.9 Å². The van der Waals surface area contributed by atoms with Crippen LogP contribution >= 0.6 is 15.9 Å². The monoisotopic (exact) mass is 499 g/mol. The zero-order chi connectivity index (χ0) is 13.9. The molecule has 1 aromatic carbocycles. The van der Waals surface area contributed by atoms with E-state index < -0.39 is 8.07 Å². The molecule has 1 aromatic rings. The summed E-state index contributed by atoms with van der Waals surface area (Å²) >= 11 is 3.52. The van der Waals surface area contributed by atoms with E-state index in [1.54, 1.807) is 10.4 Å². The smallest absolute Gasteiger partial charge is 1.00 e. The minimum atomic E-state index is -1.33. The molecule has 117 valence electrons. The van der Waals surface area contributed by atoms with Gasteiger partial charge in [0.25, 0.3) is 0 Å². The van der Waals surface area contributed by atoms with Gasteiger partial charge in [0.1, 0.15) is 0 Å². The maximum Gasteiger partial charge on any atom is 3.00 e. The Balaban J connectivity index is 0.000000882. The SMILES string of the molecule is C[Si]1(C)C2=[C-]C(C3=CC=CC3)C1=C2c1ccc(Br)cc1.[Cl-].[Cl-].[Zr+3]. The van der Waals surface area contributed by atoms with Crippen LogP contribution in [-0.2, 0) is 26.2 Å². The third-order valence-electron chi connectivity index (χ3n) is 4.70. The van der Waals surface area contributed by atoms with E-state index in [-0.39, 0.29) is 51.0 Å². The fourth-order valence-corrected chi connectivity index (χ4v) is 7.31. The molecule has 2 aliphatic carbocycles. The van der Waals surface area contributed by atoms with Crippen molar-refractivity contribution in [2.24, 2.45) is 5.92 Å². The van der Waals surface area contributed by atoms with Crippen molar-refractivity contribution in [3.05, 3.63) is 74.6 Å². The summed E-state index contributed by atoms with van der Waals surface area (Å²) in [4.78, 5) is 0. The van der Waals surface area contributed by atoms with Gasteiger partial charge in [0, 0.05) is 4.47 Å². The van der Waals surface area contributed by atoms with Crippen LogP contribution in [0.1, 0.15) is 12.0 Å². The number of fused-ring (bicyclic) bond motifs is 1. The number of hydrogen-bond acceptors (Lipinski definition) is 0. The first kappa shape index (κ1) is 21.4. The van der Waals surface area contributed by atoms with Gasteiger partial charge in [-0.3, -0.25) is 6.08 Å². The number of halogens is 3. The Morgan fingerprint density at radius 2 is 1.78 bits per heavy atom. The van der Waals surface area contributed by atoms with Gasteiger partial charge >= 0.3 is 26.2 Å². The van der Waals surface area contributed by atoms with Crippen molar-refractivity contribution in [1.29, 1.82) is 0 Å². The standard InChI is InChI=1S/C18H16BrSi.2ClH.Zr/c1-20(2)16-11-15(12-5-3-4-6-12)18(20)17(16)13-7-9-14(19)10-8-13;;;/h3-5,7-10,15H,6H2,1-2H3;2*1H;/q-1;;;+3/p-2. The second-order valence-electron chi connectivity index (χ2n) is 6.25. The number of hydrogen-bond donors (Lipinski definition) is 0. The maximum absolute atomic E-state index is 3.81. The predicted octanol–water partition coefficient (Wildman–Crippen LogP) is -0.746. The van der Waals surface area contributed by atoms with Crippen LogP contribution in [0.3, 0.4) is 0 Å². The summed E-state index contributed by atoms with van der Waals surface area (Å²) in [7, 11) is -1.33. The molecular formula is C18H16BrCl2SiZr. The van der Waals surface area contributed by atoms with Crippen LogP contribution in [0, 0.1) is 12.0 Å². The van der Waals surface area contributed by atoms with Gasteiger partial charge in [-0.2, -0.15) is 10.8 Å². The first-order valence-electron chi connectivity index (χ1n) is 7.09. The van der Waals surface area contributed by atoms with Gasteiger partial charge < -0.3 is 24.8 Å². The van der Waals surface area contributed by atoms with Crippen molar-refractivity contribution in [2.75, 3.05) is 0 Å². The summed E-state index contributed by atoms with van der Waals surface area (Å²) in [5.41, 5.74) is 4.40. The molecule has 0 N–H and O–H groups in total. The zero-order valence-electron chi connectivity index (χ0n) is 13.0. The molecule has 0 amide bonds. The molecule has 4 aliphatic rings. The van der Waals surface area contributed by atoms with Gasteiger partial charge in [-0.25, -0.2) is 5.20 Å². The van der Waals surface area contributed by atoms with E-state index in [2.05, 4.69) is 77.6 Å². The number of allylic oxidation sites excluding steroid dienone is 8. The second-order valence-corrected chi connectivity index (χ2v) is 11.5. The first-order chi connectivity index (χ1) is 9.59. The third-order valence-corrected chi connectivity index (χ3v) is 8.76. The van der Waals surface area contributed by atoms with E-state index in [1.165, 1.54) is 16.7 Å². The largest absolute Gasteiger partial charge is 3.00 e. The molecule has 0 spiro atoms. The van der Waals surface area contributed by atoms with E-state index in [0.29, 0.717) is 5.92 Å². The summed E-state index contributed by atoms with van der Waals surface area (Å²) in [6.45, 7) is 4.94. The molecule has 5 rings (SSSR count). The van der Waals surface area contributed by atoms with Gasteiger partial charge in [0.05, 0.1) is 8.07 Å². The number of rotatable bonds is 2.